The van der Waals surface area contributed by atoms with Crippen molar-refractivity contribution in [2.75, 3.05) is 26.2 Å². The molecule has 98 valence electrons. The second-order valence-electron chi connectivity index (χ2n) is 5.18. The molecular weight excluding hydrogens is 230 g/mol. The van der Waals surface area contributed by atoms with E-state index in [1.54, 1.807) is 0 Å². The van der Waals surface area contributed by atoms with Crippen molar-refractivity contribution in [1.82, 2.24) is 25.0 Å². The minimum Gasteiger partial charge on any atom is -0.333 e. The lowest BCUT2D eigenvalue weighted by atomic mass is 9.99. The molecule has 2 aliphatic heterocycles. The van der Waals surface area contributed by atoms with E-state index in [0.717, 1.165) is 19.6 Å². The lowest BCUT2D eigenvalue weighted by Crippen LogP contribution is -2.56. The summed E-state index contributed by atoms with van der Waals surface area (Å²) in [5, 5.41) is 6.68. The van der Waals surface area contributed by atoms with Gasteiger partial charge in [-0.05, 0) is 26.3 Å². The lowest BCUT2D eigenvalue weighted by Gasteiger charge is -2.43. The first-order chi connectivity index (χ1) is 8.74. The van der Waals surface area contributed by atoms with Gasteiger partial charge in [-0.15, -0.1) is 5.10 Å². The normalized spacial score (nSPS) is 24.9. The standard InChI is InChI=1S/C12H19N5O/c1-9-13-11(15-14-9)12(18)17-7-6-16-5-3-2-4-10(16)8-17/h10H,2-8H2,1H3,(H,13,14,15). The fourth-order valence-corrected chi connectivity index (χ4v) is 2.92. The van der Waals surface area contributed by atoms with Crippen LogP contribution < -0.4 is 0 Å². The zero-order chi connectivity index (χ0) is 12.5. The highest BCUT2D eigenvalue weighted by Crippen LogP contribution is 2.21. The van der Waals surface area contributed by atoms with Gasteiger partial charge >= 0.3 is 0 Å². The van der Waals surface area contributed by atoms with Gasteiger partial charge in [-0.1, -0.05) is 6.42 Å². The molecule has 0 aromatic carbocycles. The lowest BCUT2D eigenvalue weighted by molar-refractivity contribution is 0.0364. The van der Waals surface area contributed by atoms with Gasteiger partial charge in [0.1, 0.15) is 5.82 Å². The zero-order valence-corrected chi connectivity index (χ0v) is 10.7. The molecule has 1 N–H and O–H groups in total. The number of H-pyrrole nitrogens is 1. The highest BCUT2D eigenvalue weighted by molar-refractivity contribution is 5.90. The number of nitrogens with one attached hydrogen (secondary N) is 1. The van der Waals surface area contributed by atoms with Gasteiger partial charge in [-0.25, -0.2) is 4.98 Å². The number of piperazine rings is 1. The van der Waals surface area contributed by atoms with Crippen molar-refractivity contribution in [1.29, 1.82) is 0 Å². The Morgan fingerprint density at radius 2 is 2.22 bits per heavy atom. The molecule has 2 saturated heterocycles. The summed E-state index contributed by atoms with van der Waals surface area (Å²) in [6, 6.07) is 0.538. The third kappa shape index (κ3) is 2.12. The Labute approximate surface area is 106 Å². The summed E-state index contributed by atoms with van der Waals surface area (Å²) in [7, 11) is 0. The van der Waals surface area contributed by atoms with Crippen LogP contribution in [0.15, 0.2) is 0 Å². The third-order valence-electron chi connectivity index (χ3n) is 3.91. The molecule has 1 amide bonds. The van der Waals surface area contributed by atoms with E-state index in [1.807, 2.05) is 11.8 Å². The maximum atomic E-state index is 12.2. The molecule has 18 heavy (non-hydrogen) atoms. The number of aromatic amines is 1. The van der Waals surface area contributed by atoms with Gasteiger partial charge in [0.15, 0.2) is 0 Å². The fourth-order valence-electron chi connectivity index (χ4n) is 2.92. The Morgan fingerprint density at radius 3 is 3.00 bits per heavy atom. The topological polar surface area (TPSA) is 65.1 Å². The first-order valence-electron chi connectivity index (χ1n) is 6.66. The van der Waals surface area contributed by atoms with Crippen molar-refractivity contribution in [3.8, 4) is 0 Å². The number of aromatic nitrogens is 3. The number of amides is 1. The van der Waals surface area contributed by atoms with Crippen molar-refractivity contribution in [3.63, 3.8) is 0 Å². The average Bonchev–Trinajstić information content (AvgIpc) is 2.84. The molecule has 3 rings (SSSR count). The molecule has 2 aliphatic rings. The van der Waals surface area contributed by atoms with Crippen LogP contribution in [0.4, 0.5) is 0 Å². The van der Waals surface area contributed by atoms with Crippen LogP contribution in [0.1, 0.15) is 35.7 Å². The molecule has 0 saturated carbocycles. The highest BCUT2D eigenvalue weighted by Gasteiger charge is 2.32. The fraction of sp³-hybridized carbons (Fsp3) is 0.750. The van der Waals surface area contributed by atoms with Crippen LogP contribution in [-0.2, 0) is 0 Å². The van der Waals surface area contributed by atoms with Crippen molar-refractivity contribution < 1.29 is 4.79 Å². The molecule has 6 heteroatoms. The summed E-state index contributed by atoms with van der Waals surface area (Å²) in [5.74, 6) is 0.955. The molecule has 1 unspecified atom stereocenters. The molecule has 0 radical (unpaired) electrons. The number of carbonyl (C=O) groups excluding carboxylic acids is 1. The number of carbonyl (C=O) groups is 1. The maximum absolute atomic E-state index is 12.2. The second-order valence-corrected chi connectivity index (χ2v) is 5.18. The zero-order valence-electron chi connectivity index (χ0n) is 10.7. The predicted molar refractivity (Wildman–Crippen MR) is 66.2 cm³/mol. The van der Waals surface area contributed by atoms with Gasteiger partial charge in [0.25, 0.3) is 5.91 Å². The van der Waals surface area contributed by atoms with Crippen LogP contribution in [0.2, 0.25) is 0 Å². The van der Waals surface area contributed by atoms with E-state index in [1.165, 1.54) is 25.8 Å². The Kier molecular flexibility index (Phi) is 3.03. The monoisotopic (exact) mass is 249 g/mol. The molecule has 0 aliphatic carbocycles. The molecular formula is C12H19N5O. The van der Waals surface area contributed by atoms with E-state index in [2.05, 4.69) is 20.1 Å². The number of hydrogen-bond acceptors (Lipinski definition) is 4. The summed E-state index contributed by atoms with van der Waals surface area (Å²) in [5.41, 5.74) is 0. The van der Waals surface area contributed by atoms with E-state index < -0.39 is 0 Å². The average molecular weight is 249 g/mol. The summed E-state index contributed by atoms with van der Waals surface area (Å²) in [4.78, 5) is 20.8. The van der Waals surface area contributed by atoms with Gasteiger partial charge < -0.3 is 4.90 Å². The minimum absolute atomic E-state index is 0.0374. The van der Waals surface area contributed by atoms with E-state index in [0.29, 0.717) is 17.7 Å². The molecule has 0 spiro atoms. The molecule has 0 bridgehead atoms. The molecule has 1 aromatic rings. The largest absolute Gasteiger partial charge is 0.333 e. The smallest absolute Gasteiger partial charge is 0.293 e. The molecule has 2 fully saturated rings. The summed E-state index contributed by atoms with van der Waals surface area (Å²) >= 11 is 0. The number of nitrogens with zero attached hydrogens (tertiary/aromatic N) is 4. The van der Waals surface area contributed by atoms with Crippen LogP contribution in [0, 0.1) is 6.92 Å². The quantitative estimate of drug-likeness (QED) is 0.783. The first kappa shape index (κ1) is 11.6. The van der Waals surface area contributed by atoms with Gasteiger partial charge in [0.2, 0.25) is 5.82 Å². The third-order valence-corrected chi connectivity index (χ3v) is 3.91. The molecule has 3 heterocycles. The van der Waals surface area contributed by atoms with E-state index >= 15 is 0 Å². The van der Waals surface area contributed by atoms with Gasteiger partial charge in [-0.3, -0.25) is 14.8 Å². The van der Waals surface area contributed by atoms with Crippen molar-refractivity contribution in [2.24, 2.45) is 0 Å². The van der Waals surface area contributed by atoms with Crippen LogP contribution in [-0.4, -0.2) is 63.1 Å². The van der Waals surface area contributed by atoms with Crippen LogP contribution >= 0.6 is 0 Å². The first-order valence-corrected chi connectivity index (χ1v) is 6.66. The maximum Gasteiger partial charge on any atom is 0.293 e. The van der Waals surface area contributed by atoms with E-state index in [9.17, 15) is 4.79 Å². The number of aryl methyl sites for hydroxylation is 1. The van der Waals surface area contributed by atoms with Crippen molar-refractivity contribution in [3.05, 3.63) is 11.6 Å². The Balaban J connectivity index is 1.68. The summed E-state index contributed by atoms with van der Waals surface area (Å²) < 4.78 is 0. The summed E-state index contributed by atoms with van der Waals surface area (Å²) in [6.45, 7) is 5.60. The minimum atomic E-state index is -0.0374. The van der Waals surface area contributed by atoms with Gasteiger partial charge in [-0.2, -0.15) is 0 Å². The Hall–Kier alpha value is -1.43. The Morgan fingerprint density at radius 1 is 1.33 bits per heavy atom. The van der Waals surface area contributed by atoms with Crippen LogP contribution in [0.5, 0.6) is 0 Å². The Bertz CT molecular complexity index is 443. The van der Waals surface area contributed by atoms with E-state index in [4.69, 9.17) is 0 Å². The van der Waals surface area contributed by atoms with E-state index in [-0.39, 0.29) is 5.91 Å². The number of hydrogen-bond donors (Lipinski definition) is 1. The second kappa shape index (κ2) is 4.68. The number of fused-ring (bicyclic) bond motifs is 1. The number of piperidine rings is 1. The van der Waals surface area contributed by atoms with Crippen molar-refractivity contribution >= 4 is 5.91 Å². The van der Waals surface area contributed by atoms with Gasteiger partial charge in [0, 0.05) is 25.7 Å². The van der Waals surface area contributed by atoms with Crippen molar-refractivity contribution in [2.45, 2.75) is 32.2 Å². The van der Waals surface area contributed by atoms with Crippen LogP contribution in [0.25, 0.3) is 0 Å². The van der Waals surface area contributed by atoms with Gasteiger partial charge in [0.05, 0.1) is 0 Å². The molecule has 1 aromatic heterocycles. The summed E-state index contributed by atoms with van der Waals surface area (Å²) in [6.07, 6.45) is 3.78. The molecule has 1 atom stereocenters. The number of rotatable bonds is 1. The van der Waals surface area contributed by atoms with Crippen LogP contribution in [0.3, 0.4) is 0 Å². The SMILES string of the molecule is Cc1nc(C(=O)N2CCN3CCCCC3C2)n[nH]1. The predicted octanol–water partition coefficient (Wildman–Crippen LogP) is 0.423. The molecule has 6 nitrogen and oxygen atoms in total. The highest BCUT2D eigenvalue weighted by atomic mass is 16.2.